The van der Waals surface area contributed by atoms with E-state index in [1.807, 2.05) is 29.6 Å². The second-order valence-electron chi connectivity index (χ2n) is 4.16. The van der Waals surface area contributed by atoms with Crippen molar-refractivity contribution in [3.05, 3.63) is 29.6 Å². The van der Waals surface area contributed by atoms with Crippen LogP contribution in [0.5, 0.6) is 5.75 Å². The molecule has 0 saturated carbocycles. The number of benzene rings is 1. The third-order valence-corrected chi connectivity index (χ3v) is 3.88. The Hall–Kier alpha value is -2.12. The van der Waals surface area contributed by atoms with Gasteiger partial charge >= 0.3 is 0 Å². The third kappa shape index (κ3) is 2.70. The number of halogens is 1. The van der Waals surface area contributed by atoms with Crippen LogP contribution < -0.4 is 10.1 Å². The van der Waals surface area contributed by atoms with Crippen molar-refractivity contribution >= 4 is 39.8 Å². The van der Waals surface area contributed by atoms with Crippen molar-refractivity contribution in [1.29, 1.82) is 0 Å². The Morgan fingerprint density at radius 1 is 1.52 bits per heavy atom. The highest BCUT2D eigenvalue weighted by atomic mass is 35.5. The van der Waals surface area contributed by atoms with Crippen molar-refractivity contribution < 1.29 is 9.53 Å². The SMILES string of the molecule is COc1cccc(-c2csc3nc(NC(=O)CCl)nn23)c1. The molecule has 0 atom stereocenters. The van der Waals surface area contributed by atoms with E-state index in [0.717, 1.165) is 17.0 Å². The monoisotopic (exact) mass is 322 g/mol. The average Bonchev–Trinajstić information content (AvgIpc) is 3.06. The van der Waals surface area contributed by atoms with E-state index in [0.29, 0.717) is 4.96 Å². The van der Waals surface area contributed by atoms with Crippen molar-refractivity contribution in [2.45, 2.75) is 0 Å². The molecule has 0 aliphatic carbocycles. The summed E-state index contributed by atoms with van der Waals surface area (Å²) in [5.74, 6) is 0.549. The Labute approximate surface area is 129 Å². The summed E-state index contributed by atoms with van der Waals surface area (Å²) in [6, 6.07) is 7.66. The normalized spacial score (nSPS) is 10.8. The minimum Gasteiger partial charge on any atom is -0.497 e. The zero-order valence-corrected chi connectivity index (χ0v) is 12.6. The predicted molar refractivity (Wildman–Crippen MR) is 82.2 cm³/mol. The molecular weight excluding hydrogens is 312 g/mol. The van der Waals surface area contributed by atoms with Crippen LogP contribution >= 0.6 is 22.9 Å². The number of hydrogen-bond donors (Lipinski definition) is 1. The number of carbonyl (C=O) groups is 1. The second kappa shape index (κ2) is 5.71. The highest BCUT2D eigenvalue weighted by Gasteiger charge is 2.13. The maximum absolute atomic E-state index is 11.3. The summed E-state index contributed by atoms with van der Waals surface area (Å²) in [5, 5.41) is 8.77. The van der Waals surface area contributed by atoms with Gasteiger partial charge in [0.1, 0.15) is 11.6 Å². The van der Waals surface area contributed by atoms with Crippen LogP contribution in [0.3, 0.4) is 0 Å². The lowest BCUT2D eigenvalue weighted by Gasteiger charge is -2.02. The van der Waals surface area contributed by atoms with Crippen molar-refractivity contribution in [3.63, 3.8) is 0 Å². The summed E-state index contributed by atoms with van der Waals surface area (Å²) in [6.07, 6.45) is 0. The number of amides is 1. The van der Waals surface area contributed by atoms with Crippen LogP contribution in [0.2, 0.25) is 0 Å². The fourth-order valence-corrected chi connectivity index (χ4v) is 2.77. The van der Waals surface area contributed by atoms with Gasteiger partial charge in [-0.25, -0.2) is 4.52 Å². The molecular formula is C13H11ClN4O2S. The van der Waals surface area contributed by atoms with Gasteiger partial charge in [-0.1, -0.05) is 12.1 Å². The summed E-state index contributed by atoms with van der Waals surface area (Å²) in [4.78, 5) is 16.2. The number of nitrogens with zero attached hydrogens (tertiary/aromatic N) is 3. The predicted octanol–water partition coefficient (Wildman–Crippen LogP) is 2.64. The maximum Gasteiger partial charge on any atom is 0.250 e. The van der Waals surface area contributed by atoms with E-state index < -0.39 is 0 Å². The minimum absolute atomic E-state index is 0.129. The number of fused-ring (bicyclic) bond motifs is 1. The van der Waals surface area contributed by atoms with Gasteiger partial charge < -0.3 is 4.74 Å². The molecule has 0 fully saturated rings. The number of ether oxygens (including phenoxy) is 1. The summed E-state index contributed by atoms with van der Waals surface area (Å²) in [6.45, 7) is 0. The molecule has 8 heteroatoms. The Morgan fingerprint density at radius 2 is 2.38 bits per heavy atom. The topological polar surface area (TPSA) is 68.5 Å². The van der Waals surface area contributed by atoms with E-state index in [1.165, 1.54) is 11.3 Å². The van der Waals surface area contributed by atoms with Gasteiger partial charge in [0.25, 0.3) is 0 Å². The lowest BCUT2D eigenvalue weighted by atomic mass is 10.2. The van der Waals surface area contributed by atoms with Crippen LogP contribution in [0.4, 0.5) is 5.95 Å². The molecule has 2 aromatic heterocycles. The van der Waals surface area contributed by atoms with Crippen LogP contribution in [-0.4, -0.2) is 33.5 Å². The van der Waals surface area contributed by atoms with Gasteiger partial charge in [0, 0.05) is 10.9 Å². The summed E-state index contributed by atoms with van der Waals surface area (Å²) >= 11 is 6.89. The quantitative estimate of drug-likeness (QED) is 0.750. The fourth-order valence-electron chi connectivity index (χ4n) is 1.87. The number of rotatable bonds is 4. The Kier molecular flexibility index (Phi) is 3.76. The summed E-state index contributed by atoms with van der Waals surface area (Å²) in [5.41, 5.74) is 1.84. The lowest BCUT2D eigenvalue weighted by molar-refractivity contribution is -0.114. The number of methoxy groups -OCH3 is 1. The average molecular weight is 323 g/mol. The fraction of sp³-hybridized carbons (Fsp3) is 0.154. The number of anilines is 1. The van der Waals surface area contributed by atoms with E-state index in [-0.39, 0.29) is 17.7 Å². The van der Waals surface area contributed by atoms with Gasteiger partial charge in [0.05, 0.1) is 12.8 Å². The minimum atomic E-state index is -0.335. The van der Waals surface area contributed by atoms with Crippen LogP contribution in [0.1, 0.15) is 0 Å². The molecule has 0 unspecified atom stereocenters. The van der Waals surface area contributed by atoms with Gasteiger partial charge in [-0.3, -0.25) is 10.1 Å². The molecule has 0 bridgehead atoms. The highest BCUT2D eigenvalue weighted by molar-refractivity contribution is 7.15. The molecule has 21 heavy (non-hydrogen) atoms. The maximum atomic E-state index is 11.3. The number of hydrogen-bond acceptors (Lipinski definition) is 5. The molecule has 0 aliphatic heterocycles. The smallest absolute Gasteiger partial charge is 0.250 e. The molecule has 0 spiro atoms. The van der Waals surface area contributed by atoms with Crippen LogP contribution in [0.25, 0.3) is 16.2 Å². The number of nitrogens with one attached hydrogen (secondary N) is 1. The van der Waals surface area contributed by atoms with Gasteiger partial charge in [0.15, 0.2) is 0 Å². The van der Waals surface area contributed by atoms with Gasteiger partial charge in [-0.2, -0.15) is 4.98 Å². The molecule has 6 nitrogen and oxygen atoms in total. The number of alkyl halides is 1. The zero-order valence-electron chi connectivity index (χ0n) is 11.0. The van der Waals surface area contributed by atoms with E-state index in [9.17, 15) is 4.79 Å². The van der Waals surface area contributed by atoms with Gasteiger partial charge in [-0.05, 0) is 12.1 Å². The highest BCUT2D eigenvalue weighted by Crippen LogP contribution is 2.28. The molecule has 0 radical (unpaired) electrons. The molecule has 0 aliphatic rings. The van der Waals surface area contributed by atoms with Crippen LogP contribution in [0.15, 0.2) is 29.6 Å². The van der Waals surface area contributed by atoms with Crippen molar-refractivity contribution in [2.75, 3.05) is 18.3 Å². The molecule has 108 valence electrons. The number of aromatic nitrogens is 3. The van der Waals surface area contributed by atoms with E-state index in [2.05, 4.69) is 15.4 Å². The number of carbonyl (C=O) groups excluding carboxylic acids is 1. The standard InChI is InChI=1S/C13H11ClN4O2S/c1-20-9-4-2-3-8(5-9)10-7-21-13-16-12(17-18(10)13)15-11(19)6-14/h2-5,7H,6H2,1H3,(H,15,17,19). The first-order valence-corrected chi connectivity index (χ1v) is 7.47. The van der Waals surface area contributed by atoms with Crippen LogP contribution in [-0.2, 0) is 4.79 Å². The lowest BCUT2D eigenvalue weighted by Crippen LogP contribution is -2.13. The molecule has 1 amide bonds. The van der Waals surface area contributed by atoms with Crippen molar-refractivity contribution in [2.24, 2.45) is 0 Å². The molecule has 1 N–H and O–H groups in total. The van der Waals surface area contributed by atoms with E-state index in [1.54, 1.807) is 11.6 Å². The molecule has 3 rings (SSSR count). The number of thiazole rings is 1. The first-order chi connectivity index (χ1) is 10.2. The zero-order chi connectivity index (χ0) is 14.8. The summed E-state index contributed by atoms with van der Waals surface area (Å²) < 4.78 is 6.91. The first kappa shape index (κ1) is 13.8. The van der Waals surface area contributed by atoms with E-state index in [4.69, 9.17) is 16.3 Å². The molecule has 0 saturated heterocycles. The Balaban J connectivity index is 2.00. The summed E-state index contributed by atoms with van der Waals surface area (Å²) in [7, 11) is 1.62. The third-order valence-electron chi connectivity index (χ3n) is 2.82. The largest absolute Gasteiger partial charge is 0.497 e. The molecule has 1 aromatic carbocycles. The Morgan fingerprint density at radius 3 is 3.14 bits per heavy atom. The second-order valence-corrected chi connectivity index (χ2v) is 5.27. The molecule has 3 aromatic rings. The van der Waals surface area contributed by atoms with Gasteiger partial charge in [0.2, 0.25) is 16.8 Å². The molecule has 2 heterocycles. The first-order valence-electron chi connectivity index (χ1n) is 6.06. The van der Waals surface area contributed by atoms with E-state index >= 15 is 0 Å². The van der Waals surface area contributed by atoms with Gasteiger partial charge in [-0.15, -0.1) is 28.0 Å². The van der Waals surface area contributed by atoms with Crippen molar-refractivity contribution in [3.8, 4) is 17.0 Å². The van der Waals surface area contributed by atoms with Crippen molar-refractivity contribution in [1.82, 2.24) is 14.6 Å². The Bertz CT molecular complexity index is 798. The van der Waals surface area contributed by atoms with Crippen LogP contribution in [0, 0.1) is 0 Å².